The number of fused-ring (bicyclic) bond motifs is 1. The van der Waals surface area contributed by atoms with Crippen molar-refractivity contribution in [1.29, 1.82) is 0 Å². The molecule has 22 heavy (non-hydrogen) atoms. The molecule has 0 bridgehead atoms. The van der Waals surface area contributed by atoms with Crippen LogP contribution in [0.3, 0.4) is 0 Å². The number of hydrogen-bond acceptors (Lipinski definition) is 2. The molecule has 1 atom stereocenters. The molecule has 2 N–H and O–H groups in total. The van der Waals surface area contributed by atoms with Gasteiger partial charge in [-0.2, -0.15) is 0 Å². The van der Waals surface area contributed by atoms with Crippen LogP contribution < -0.4 is 5.32 Å². The number of aryl methyl sites for hydroxylation is 1. The summed E-state index contributed by atoms with van der Waals surface area (Å²) in [5.74, 6) is -0.859. The number of amides is 1. The van der Waals surface area contributed by atoms with Crippen LogP contribution in [0.4, 0.5) is 0 Å². The number of hydrogen-bond donors (Lipinski definition) is 2. The molecule has 118 valence electrons. The molecule has 1 fully saturated rings. The molecule has 0 unspecified atom stereocenters. The van der Waals surface area contributed by atoms with Gasteiger partial charge < -0.3 is 10.4 Å². The Kier molecular flexibility index (Phi) is 3.71. The first-order chi connectivity index (χ1) is 10.4. The van der Waals surface area contributed by atoms with Crippen LogP contribution in [-0.2, 0) is 16.0 Å². The summed E-state index contributed by atoms with van der Waals surface area (Å²) in [6, 6.07) is 6.46. The Morgan fingerprint density at radius 2 is 2.05 bits per heavy atom. The molecule has 2 aliphatic rings. The minimum absolute atomic E-state index is 0.0493. The highest BCUT2D eigenvalue weighted by molar-refractivity contribution is 6.05. The molecule has 0 spiro atoms. The van der Waals surface area contributed by atoms with E-state index in [-0.39, 0.29) is 11.9 Å². The predicted molar refractivity (Wildman–Crippen MR) is 83.7 cm³/mol. The third kappa shape index (κ3) is 2.51. The molecule has 4 heteroatoms. The molecule has 1 aromatic carbocycles. The number of carbonyl (C=O) groups excluding carboxylic acids is 1. The van der Waals surface area contributed by atoms with Gasteiger partial charge in [-0.1, -0.05) is 32.0 Å². The van der Waals surface area contributed by atoms with Crippen molar-refractivity contribution in [2.75, 3.05) is 0 Å². The zero-order valence-corrected chi connectivity index (χ0v) is 13.2. The van der Waals surface area contributed by atoms with Crippen molar-refractivity contribution in [2.45, 2.75) is 57.9 Å². The van der Waals surface area contributed by atoms with E-state index in [0.717, 1.165) is 19.3 Å². The van der Waals surface area contributed by atoms with Crippen LogP contribution in [0.25, 0.3) is 0 Å². The van der Waals surface area contributed by atoms with Crippen LogP contribution in [0, 0.1) is 5.41 Å². The Morgan fingerprint density at radius 1 is 1.32 bits per heavy atom. The third-order valence-electron chi connectivity index (χ3n) is 5.05. The summed E-state index contributed by atoms with van der Waals surface area (Å²) in [6.07, 6.45) is 3.86. The monoisotopic (exact) mass is 301 g/mol. The Labute approximate surface area is 130 Å². The first-order valence-electron chi connectivity index (χ1n) is 8.11. The largest absolute Gasteiger partial charge is 0.480 e. The molecular formula is C18H23NO3. The molecule has 0 aliphatic heterocycles. The summed E-state index contributed by atoms with van der Waals surface area (Å²) in [5, 5.41) is 12.3. The van der Waals surface area contributed by atoms with Crippen LogP contribution >= 0.6 is 0 Å². The second-order valence-corrected chi connectivity index (χ2v) is 6.92. The van der Waals surface area contributed by atoms with Crippen molar-refractivity contribution >= 4 is 11.9 Å². The van der Waals surface area contributed by atoms with E-state index < -0.39 is 11.4 Å². The number of aliphatic carboxylic acids is 1. The zero-order valence-electron chi connectivity index (χ0n) is 13.2. The average Bonchev–Trinajstić information content (AvgIpc) is 3.28. The van der Waals surface area contributed by atoms with Crippen LogP contribution in [0.15, 0.2) is 18.2 Å². The molecule has 3 rings (SSSR count). The molecular weight excluding hydrogens is 278 g/mol. The fourth-order valence-electron chi connectivity index (χ4n) is 3.29. The van der Waals surface area contributed by atoms with Gasteiger partial charge in [0.2, 0.25) is 5.91 Å². The summed E-state index contributed by atoms with van der Waals surface area (Å²) < 4.78 is 0. The van der Waals surface area contributed by atoms with E-state index in [0.29, 0.717) is 18.8 Å². The van der Waals surface area contributed by atoms with E-state index in [1.807, 2.05) is 0 Å². The lowest BCUT2D eigenvalue weighted by molar-refractivity contribution is -0.149. The second-order valence-electron chi connectivity index (χ2n) is 6.92. The molecule has 0 saturated heterocycles. The SMILES string of the molecule is CC(C)c1ccc2c(c1)[C@H](NC(=O)C1(C(=O)O)CC1)CCC2. The standard InChI is InChI=1S/C18H23NO3/c1-11(2)13-7-6-12-4-3-5-15(14(12)10-13)19-16(20)18(8-9-18)17(21)22/h6-7,10-11,15H,3-5,8-9H2,1-2H3,(H,19,20)(H,21,22)/t15-/m1/s1. The minimum atomic E-state index is -1.16. The van der Waals surface area contributed by atoms with Crippen LogP contribution in [-0.4, -0.2) is 17.0 Å². The van der Waals surface area contributed by atoms with E-state index in [4.69, 9.17) is 0 Å². The lowest BCUT2D eigenvalue weighted by atomic mass is 9.84. The summed E-state index contributed by atoms with van der Waals surface area (Å²) in [7, 11) is 0. The van der Waals surface area contributed by atoms with Gasteiger partial charge in [0, 0.05) is 0 Å². The molecule has 1 amide bonds. The number of carboxylic acids is 1. The fraction of sp³-hybridized carbons (Fsp3) is 0.556. The van der Waals surface area contributed by atoms with Gasteiger partial charge in [-0.15, -0.1) is 0 Å². The Morgan fingerprint density at radius 3 is 2.64 bits per heavy atom. The van der Waals surface area contributed by atoms with E-state index >= 15 is 0 Å². The second kappa shape index (κ2) is 5.41. The number of carbonyl (C=O) groups is 2. The molecule has 1 saturated carbocycles. The molecule has 1 aromatic rings. The number of benzene rings is 1. The fourth-order valence-corrected chi connectivity index (χ4v) is 3.29. The molecule has 4 nitrogen and oxygen atoms in total. The maximum atomic E-state index is 12.4. The van der Waals surface area contributed by atoms with Crippen molar-refractivity contribution < 1.29 is 14.7 Å². The van der Waals surface area contributed by atoms with E-state index in [1.165, 1.54) is 16.7 Å². The van der Waals surface area contributed by atoms with Crippen molar-refractivity contribution in [3.63, 3.8) is 0 Å². The van der Waals surface area contributed by atoms with Crippen LogP contribution in [0.1, 0.15) is 68.2 Å². The van der Waals surface area contributed by atoms with Gasteiger partial charge in [0.05, 0.1) is 6.04 Å². The highest BCUT2D eigenvalue weighted by Gasteiger charge is 2.57. The first kappa shape index (κ1) is 15.1. The summed E-state index contributed by atoms with van der Waals surface area (Å²) in [5.41, 5.74) is 2.56. The highest BCUT2D eigenvalue weighted by Crippen LogP contribution is 2.47. The van der Waals surface area contributed by atoms with E-state index in [2.05, 4.69) is 37.4 Å². The minimum Gasteiger partial charge on any atom is -0.480 e. The predicted octanol–water partition coefficient (Wildman–Crippen LogP) is 3.17. The number of rotatable bonds is 4. The summed E-state index contributed by atoms with van der Waals surface area (Å²) >= 11 is 0. The quantitative estimate of drug-likeness (QED) is 0.839. The molecule has 2 aliphatic carbocycles. The number of carboxylic acid groups (broad SMARTS) is 1. The van der Waals surface area contributed by atoms with Gasteiger partial charge >= 0.3 is 5.97 Å². The molecule has 0 heterocycles. The van der Waals surface area contributed by atoms with Crippen LogP contribution in [0.5, 0.6) is 0 Å². The molecule has 0 radical (unpaired) electrons. The van der Waals surface area contributed by atoms with Crippen LogP contribution in [0.2, 0.25) is 0 Å². The lowest BCUT2D eigenvalue weighted by Gasteiger charge is -2.28. The van der Waals surface area contributed by atoms with Gasteiger partial charge in [0.15, 0.2) is 0 Å². The van der Waals surface area contributed by atoms with Gasteiger partial charge in [0.1, 0.15) is 5.41 Å². The molecule has 0 aromatic heterocycles. The maximum Gasteiger partial charge on any atom is 0.319 e. The van der Waals surface area contributed by atoms with Gasteiger partial charge in [-0.05, 0) is 54.7 Å². The lowest BCUT2D eigenvalue weighted by Crippen LogP contribution is -2.40. The van der Waals surface area contributed by atoms with Crippen molar-refractivity contribution in [1.82, 2.24) is 5.32 Å². The topological polar surface area (TPSA) is 66.4 Å². The summed E-state index contributed by atoms with van der Waals surface area (Å²) in [4.78, 5) is 23.7. The smallest absolute Gasteiger partial charge is 0.319 e. The maximum absolute atomic E-state index is 12.4. The Hall–Kier alpha value is -1.84. The van der Waals surface area contributed by atoms with Gasteiger partial charge in [-0.3, -0.25) is 9.59 Å². The Balaban J connectivity index is 1.84. The van der Waals surface area contributed by atoms with Crippen molar-refractivity contribution in [3.8, 4) is 0 Å². The highest BCUT2D eigenvalue weighted by atomic mass is 16.4. The third-order valence-corrected chi connectivity index (χ3v) is 5.05. The van der Waals surface area contributed by atoms with Crippen molar-refractivity contribution in [2.24, 2.45) is 5.41 Å². The normalized spacial score (nSPS) is 22.0. The van der Waals surface area contributed by atoms with Crippen molar-refractivity contribution in [3.05, 3.63) is 34.9 Å². The first-order valence-corrected chi connectivity index (χ1v) is 8.11. The zero-order chi connectivity index (χ0) is 15.9. The average molecular weight is 301 g/mol. The van der Waals surface area contributed by atoms with E-state index in [1.54, 1.807) is 0 Å². The number of nitrogens with one attached hydrogen (secondary N) is 1. The van der Waals surface area contributed by atoms with E-state index in [9.17, 15) is 14.7 Å². The van der Waals surface area contributed by atoms with Gasteiger partial charge in [-0.25, -0.2) is 0 Å². The van der Waals surface area contributed by atoms with Gasteiger partial charge in [0.25, 0.3) is 0 Å². The Bertz CT molecular complexity index is 617. The summed E-state index contributed by atoms with van der Waals surface area (Å²) in [6.45, 7) is 4.31.